The molecule has 0 radical (unpaired) electrons. The van der Waals surface area contributed by atoms with Gasteiger partial charge in [-0.25, -0.2) is 0 Å². The maximum absolute atomic E-state index is 11.1. The number of carbonyl (C=O) groups excluding carboxylic acids is 1. The van der Waals surface area contributed by atoms with Gasteiger partial charge in [0.05, 0.1) is 0 Å². The summed E-state index contributed by atoms with van der Waals surface area (Å²) in [5, 5.41) is 8.85. The number of aliphatic hydroxyl groups excluding tert-OH is 1. The zero-order chi connectivity index (χ0) is 13.1. The van der Waals surface area contributed by atoms with Crippen LogP contribution in [-0.2, 0) is 4.79 Å². The quantitative estimate of drug-likeness (QED) is 0.691. The molecular formula is C15H26O2. The Kier molecular flexibility index (Phi) is 4.93. The van der Waals surface area contributed by atoms with Gasteiger partial charge in [0.25, 0.3) is 0 Å². The largest absolute Gasteiger partial charge is 0.396 e. The first kappa shape index (κ1) is 14.4. The molecule has 0 saturated heterocycles. The number of hydrogen-bond acceptors (Lipinski definition) is 2. The molecule has 2 unspecified atom stereocenters. The summed E-state index contributed by atoms with van der Waals surface area (Å²) in [5.41, 5.74) is 1.62. The van der Waals surface area contributed by atoms with Crippen molar-refractivity contribution >= 4 is 5.78 Å². The minimum Gasteiger partial charge on any atom is -0.396 e. The van der Waals surface area contributed by atoms with Crippen LogP contribution in [-0.4, -0.2) is 17.5 Å². The second-order valence-electron chi connectivity index (χ2n) is 6.13. The van der Waals surface area contributed by atoms with Gasteiger partial charge in [-0.1, -0.05) is 26.0 Å². The molecular weight excluding hydrogens is 212 g/mol. The third-order valence-corrected chi connectivity index (χ3v) is 4.22. The molecule has 1 aliphatic carbocycles. The van der Waals surface area contributed by atoms with Crippen molar-refractivity contribution < 1.29 is 9.90 Å². The minimum atomic E-state index is 0.243. The van der Waals surface area contributed by atoms with Gasteiger partial charge in [0, 0.05) is 13.0 Å². The summed E-state index contributed by atoms with van der Waals surface area (Å²) >= 11 is 0. The lowest BCUT2D eigenvalue weighted by molar-refractivity contribution is -0.118. The average Bonchev–Trinajstić information content (AvgIpc) is 2.22. The summed E-state index contributed by atoms with van der Waals surface area (Å²) in [4.78, 5) is 11.1. The van der Waals surface area contributed by atoms with Gasteiger partial charge in [-0.15, -0.1) is 0 Å². The van der Waals surface area contributed by atoms with E-state index in [-0.39, 0.29) is 12.4 Å². The smallest absolute Gasteiger partial charge is 0.129 e. The Morgan fingerprint density at radius 2 is 2.06 bits per heavy atom. The van der Waals surface area contributed by atoms with Crippen molar-refractivity contribution in [1.82, 2.24) is 0 Å². The molecule has 0 aromatic rings. The van der Waals surface area contributed by atoms with Crippen LogP contribution in [0.25, 0.3) is 0 Å². The normalized spacial score (nSPS) is 26.4. The second kappa shape index (κ2) is 5.81. The zero-order valence-electron chi connectivity index (χ0n) is 11.5. The summed E-state index contributed by atoms with van der Waals surface area (Å²) in [6.07, 6.45) is 4.60. The van der Waals surface area contributed by atoms with Gasteiger partial charge in [-0.3, -0.25) is 0 Å². The van der Waals surface area contributed by atoms with Crippen LogP contribution in [0.1, 0.15) is 52.9 Å². The Hall–Kier alpha value is -0.630. The Balaban J connectivity index is 2.50. The van der Waals surface area contributed by atoms with Gasteiger partial charge < -0.3 is 9.90 Å². The molecule has 98 valence electrons. The molecule has 0 aromatic heterocycles. The maximum Gasteiger partial charge on any atom is 0.129 e. The van der Waals surface area contributed by atoms with Crippen molar-refractivity contribution in [3.8, 4) is 0 Å². The third kappa shape index (κ3) is 3.67. The molecule has 0 aromatic carbocycles. The maximum atomic E-state index is 11.1. The van der Waals surface area contributed by atoms with Crippen LogP contribution < -0.4 is 0 Å². The molecule has 2 nitrogen and oxygen atoms in total. The Labute approximate surface area is 105 Å². The molecule has 1 N–H and O–H groups in total. The molecule has 0 spiro atoms. The van der Waals surface area contributed by atoms with Crippen LogP contribution in [0.3, 0.4) is 0 Å². The zero-order valence-corrected chi connectivity index (χ0v) is 11.5. The van der Waals surface area contributed by atoms with E-state index in [2.05, 4.69) is 20.4 Å². The monoisotopic (exact) mass is 238 g/mol. The molecule has 0 amide bonds. The highest BCUT2D eigenvalue weighted by atomic mass is 16.2. The van der Waals surface area contributed by atoms with E-state index in [1.54, 1.807) is 6.92 Å². The molecule has 1 fully saturated rings. The molecule has 0 bridgehead atoms. The van der Waals surface area contributed by atoms with Crippen molar-refractivity contribution in [1.29, 1.82) is 0 Å². The topological polar surface area (TPSA) is 37.3 Å². The van der Waals surface area contributed by atoms with E-state index in [0.717, 1.165) is 19.3 Å². The summed E-state index contributed by atoms with van der Waals surface area (Å²) in [6.45, 7) is 10.6. The number of carbonyl (C=O) groups is 1. The first-order valence-corrected chi connectivity index (χ1v) is 6.66. The Morgan fingerprint density at radius 3 is 2.53 bits per heavy atom. The van der Waals surface area contributed by atoms with E-state index < -0.39 is 0 Å². The van der Waals surface area contributed by atoms with Gasteiger partial charge in [0.1, 0.15) is 5.78 Å². The Morgan fingerprint density at radius 1 is 1.41 bits per heavy atom. The Bertz CT molecular complexity index is 291. The summed E-state index contributed by atoms with van der Waals surface area (Å²) in [7, 11) is 0. The second-order valence-corrected chi connectivity index (χ2v) is 6.13. The van der Waals surface area contributed by atoms with E-state index in [0.29, 0.717) is 23.7 Å². The molecule has 2 atom stereocenters. The van der Waals surface area contributed by atoms with E-state index in [9.17, 15) is 4.79 Å². The van der Waals surface area contributed by atoms with Crippen LogP contribution >= 0.6 is 0 Å². The predicted octanol–water partition coefficient (Wildman–Crippen LogP) is 3.35. The highest BCUT2D eigenvalue weighted by molar-refractivity contribution is 5.75. The highest BCUT2D eigenvalue weighted by Gasteiger charge is 2.47. The van der Waals surface area contributed by atoms with Gasteiger partial charge in [-0.2, -0.15) is 0 Å². The van der Waals surface area contributed by atoms with Crippen LogP contribution in [0.5, 0.6) is 0 Å². The van der Waals surface area contributed by atoms with Gasteiger partial charge in [-0.05, 0) is 49.9 Å². The summed E-state index contributed by atoms with van der Waals surface area (Å²) in [5.74, 6) is 1.45. The number of ketones is 1. The fraction of sp³-hybridized carbons (Fsp3) is 0.800. The lowest BCUT2D eigenvalue weighted by atomic mass is 9.52. The van der Waals surface area contributed by atoms with E-state index in [1.165, 1.54) is 12.0 Å². The molecule has 0 heterocycles. The molecule has 17 heavy (non-hydrogen) atoms. The number of allylic oxidation sites excluding steroid dienone is 1. The van der Waals surface area contributed by atoms with Gasteiger partial charge in [0.2, 0.25) is 0 Å². The summed E-state index contributed by atoms with van der Waals surface area (Å²) < 4.78 is 0. The highest BCUT2D eigenvalue weighted by Crippen LogP contribution is 2.55. The van der Waals surface area contributed by atoms with Gasteiger partial charge in [0.15, 0.2) is 0 Å². The van der Waals surface area contributed by atoms with Crippen molar-refractivity contribution in [2.45, 2.75) is 52.9 Å². The molecule has 1 aliphatic rings. The molecule has 1 rings (SSSR count). The lowest BCUT2D eigenvalue weighted by Crippen LogP contribution is -2.44. The molecule has 1 saturated carbocycles. The number of aliphatic hydroxyl groups is 1. The molecule has 0 aliphatic heterocycles. The predicted molar refractivity (Wildman–Crippen MR) is 70.8 cm³/mol. The number of rotatable bonds is 7. The van der Waals surface area contributed by atoms with E-state index in [1.807, 2.05) is 0 Å². The minimum absolute atomic E-state index is 0.243. The first-order chi connectivity index (χ1) is 7.88. The van der Waals surface area contributed by atoms with Crippen LogP contribution in [0.2, 0.25) is 0 Å². The first-order valence-electron chi connectivity index (χ1n) is 6.66. The molecule has 2 heteroatoms. The standard InChI is InChI=1S/C15H26O2/c1-11(6-5-9-16)13-10-15(3,4)14(13)8-7-12(2)17/h13-14,16H,1,5-10H2,2-4H3. The van der Waals surface area contributed by atoms with Crippen LogP contribution in [0, 0.1) is 17.3 Å². The van der Waals surface area contributed by atoms with E-state index >= 15 is 0 Å². The van der Waals surface area contributed by atoms with Crippen molar-refractivity contribution in [2.24, 2.45) is 17.3 Å². The fourth-order valence-electron chi connectivity index (χ4n) is 3.12. The van der Waals surface area contributed by atoms with Crippen molar-refractivity contribution in [2.75, 3.05) is 6.61 Å². The van der Waals surface area contributed by atoms with Crippen LogP contribution in [0.15, 0.2) is 12.2 Å². The van der Waals surface area contributed by atoms with E-state index in [4.69, 9.17) is 5.11 Å². The van der Waals surface area contributed by atoms with Crippen LogP contribution in [0.4, 0.5) is 0 Å². The van der Waals surface area contributed by atoms with Gasteiger partial charge >= 0.3 is 0 Å². The van der Waals surface area contributed by atoms with Crippen molar-refractivity contribution in [3.05, 3.63) is 12.2 Å². The SMILES string of the molecule is C=C(CCCO)C1CC(C)(C)C1CCC(C)=O. The van der Waals surface area contributed by atoms with Crippen molar-refractivity contribution in [3.63, 3.8) is 0 Å². The number of hydrogen-bond donors (Lipinski definition) is 1. The third-order valence-electron chi connectivity index (χ3n) is 4.22. The lowest BCUT2D eigenvalue weighted by Gasteiger charge is -2.53. The fourth-order valence-corrected chi connectivity index (χ4v) is 3.12. The number of Topliss-reactive ketones (excluding diaryl/α,β-unsaturated/α-hetero) is 1. The summed E-state index contributed by atoms with van der Waals surface area (Å²) in [6, 6.07) is 0. The average molecular weight is 238 g/mol.